The van der Waals surface area contributed by atoms with Gasteiger partial charge in [0.25, 0.3) is 5.91 Å². The van der Waals surface area contributed by atoms with Crippen LogP contribution >= 0.6 is 0 Å². The van der Waals surface area contributed by atoms with Gasteiger partial charge in [0.05, 0.1) is 6.20 Å². The molecule has 1 unspecified atom stereocenters. The van der Waals surface area contributed by atoms with Crippen LogP contribution < -0.4 is 0 Å². The highest BCUT2D eigenvalue weighted by molar-refractivity contribution is 5.99. The molecule has 1 saturated heterocycles. The maximum atomic E-state index is 13.0. The molecular formula is C21H20N2O2. The third kappa shape index (κ3) is 3.07. The summed E-state index contributed by atoms with van der Waals surface area (Å²) in [6.07, 6.45) is 2.52. The summed E-state index contributed by atoms with van der Waals surface area (Å²) in [5.74, 6) is 0.941. The first kappa shape index (κ1) is 15.6. The van der Waals surface area contributed by atoms with Gasteiger partial charge in [-0.1, -0.05) is 65.3 Å². The molecule has 0 radical (unpaired) electrons. The lowest BCUT2D eigenvalue weighted by Gasteiger charge is -2.16. The summed E-state index contributed by atoms with van der Waals surface area (Å²) < 4.78 is 5.39. The lowest BCUT2D eigenvalue weighted by molar-refractivity contribution is 0.0791. The number of carbonyl (C=O) groups excluding carboxylic acids is 1. The number of likely N-dealkylation sites (tertiary alicyclic amines) is 1. The minimum absolute atomic E-state index is 0.00439. The fourth-order valence-corrected chi connectivity index (χ4v) is 3.42. The Morgan fingerprint density at radius 2 is 1.88 bits per heavy atom. The minimum Gasteiger partial charge on any atom is -0.355 e. The van der Waals surface area contributed by atoms with Crippen LogP contribution in [0.5, 0.6) is 0 Å². The molecule has 1 atom stereocenters. The average molecular weight is 332 g/mol. The molecule has 2 aromatic carbocycles. The topological polar surface area (TPSA) is 46.3 Å². The maximum absolute atomic E-state index is 13.0. The van der Waals surface area contributed by atoms with Crippen LogP contribution in [-0.2, 0) is 0 Å². The van der Waals surface area contributed by atoms with E-state index < -0.39 is 0 Å². The molecule has 1 fully saturated rings. The van der Waals surface area contributed by atoms with Crippen molar-refractivity contribution in [3.05, 3.63) is 77.5 Å². The van der Waals surface area contributed by atoms with Gasteiger partial charge in [0.15, 0.2) is 5.76 Å². The molecule has 1 aliphatic rings. The van der Waals surface area contributed by atoms with Crippen LogP contribution in [-0.4, -0.2) is 29.1 Å². The minimum atomic E-state index is -0.00439. The number of hydrogen-bond acceptors (Lipinski definition) is 3. The van der Waals surface area contributed by atoms with E-state index in [0.29, 0.717) is 17.2 Å². The Morgan fingerprint density at radius 3 is 2.64 bits per heavy atom. The van der Waals surface area contributed by atoms with Gasteiger partial charge in [-0.3, -0.25) is 4.79 Å². The Hall–Kier alpha value is -2.88. The summed E-state index contributed by atoms with van der Waals surface area (Å²) in [7, 11) is 0. The molecule has 1 aromatic heterocycles. The lowest BCUT2D eigenvalue weighted by Crippen LogP contribution is -2.28. The van der Waals surface area contributed by atoms with Crippen LogP contribution in [0.4, 0.5) is 0 Å². The first-order chi connectivity index (χ1) is 12.2. The highest BCUT2D eigenvalue weighted by Gasteiger charge is 2.30. The van der Waals surface area contributed by atoms with Crippen molar-refractivity contribution in [2.75, 3.05) is 13.1 Å². The average Bonchev–Trinajstić information content (AvgIpc) is 3.32. The van der Waals surface area contributed by atoms with Crippen LogP contribution in [0.15, 0.2) is 65.3 Å². The Labute approximate surface area is 147 Å². The second-order valence-corrected chi connectivity index (χ2v) is 6.58. The van der Waals surface area contributed by atoms with Crippen molar-refractivity contribution in [2.24, 2.45) is 0 Å². The number of carbonyl (C=O) groups is 1. The van der Waals surface area contributed by atoms with Gasteiger partial charge in [-0.05, 0) is 18.9 Å². The molecule has 0 saturated carbocycles. The first-order valence-corrected chi connectivity index (χ1v) is 8.58. The number of aromatic nitrogens is 1. The van der Waals surface area contributed by atoms with E-state index in [1.807, 2.05) is 42.2 Å². The highest BCUT2D eigenvalue weighted by atomic mass is 16.5. The van der Waals surface area contributed by atoms with Gasteiger partial charge in [-0.15, -0.1) is 0 Å². The number of nitrogens with zero attached hydrogens (tertiary/aromatic N) is 2. The van der Waals surface area contributed by atoms with Crippen molar-refractivity contribution in [2.45, 2.75) is 19.3 Å². The second kappa shape index (κ2) is 6.55. The van der Waals surface area contributed by atoms with E-state index >= 15 is 0 Å². The zero-order valence-corrected chi connectivity index (χ0v) is 14.2. The molecule has 0 aliphatic carbocycles. The first-order valence-electron chi connectivity index (χ1n) is 8.58. The summed E-state index contributed by atoms with van der Waals surface area (Å²) >= 11 is 0. The van der Waals surface area contributed by atoms with Crippen molar-refractivity contribution in [3.63, 3.8) is 0 Å². The Balaban J connectivity index is 1.55. The molecule has 0 N–H and O–H groups in total. The van der Waals surface area contributed by atoms with Crippen LogP contribution in [0.2, 0.25) is 0 Å². The Bertz CT molecular complexity index is 868. The predicted molar refractivity (Wildman–Crippen MR) is 96.4 cm³/mol. The molecule has 4 heteroatoms. The second-order valence-electron chi connectivity index (χ2n) is 6.58. The summed E-state index contributed by atoms with van der Waals surface area (Å²) in [5.41, 5.74) is 3.88. The van der Waals surface area contributed by atoms with Crippen LogP contribution in [0, 0.1) is 6.92 Å². The largest absolute Gasteiger partial charge is 0.355 e. The smallest absolute Gasteiger partial charge is 0.259 e. The Kier molecular flexibility index (Phi) is 4.10. The third-order valence-corrected chi connectivity index (χ3v) is 4.86. The summed E-state index contributed by atoms with van der Waals surface area (Å²) in [6.45, 7) is 3.53. The number of benzene rings is 2. The Morgan fingerprint density at radius 1 is 1.12 bits per heavy atom. The molecule has 25 heavy (non-hydrogen) atoms. The number of rotatable bonds is 3. The molecule has 0 spiro atoms. The standard InChI is InChI=1S/C21H20N2O2/c1-15-7-9-17(10-8-15)20-19(13-22-25-20)21(24)23-12-11-18(14-23)16-5-3-2-4-6-16/h2-10,13,18H,11-12,14H2,1H3. The molecule has 4 rings (SSSR count). The molecule has 126 valence electrons. The third-order valence-electron chi connectivity index (χ3n) is 4.86. The van der Waals surface area contributed by atoms with E-state index in [0.717, 1.165) is 25.1 Å². The molecule has 4 nitrogen and oxygen atoms in total. The fraction of sp³-hybridized carbons (Fsp3) is 0.238. The van der Waals surface area contributed by atoms with Crippen molar-refractivity contribution < 1.29 is 9.32 Å². The summed E-state index contributed by atoms with van der Waals surface area (Å²) in [5, 5.41) is 3.87. The van der Waals surface area contributed by atoms with Crippen molar-refractivity contribution in [1.82, 2.24) is 10.1 Å². The van der Waals surface area contributed by atoms with Gasteiger partial charge in [-0.2, -0.15) is 0 Å². The van der Waals surface area contributed by atoms with E-state index in [1.165, 1.54) is 17.3 Å². The normalized spacial score (nSPS) is 17.0. The lowest BCUT2D eigenvalue weighted by atomic mass is 9.99. The zero-order chi connectivity index (χ0) is 17.2. The van der Waals surface area contributed by atoms with Crippen molar-refractivity contribution in [3.8, 4) is 11.3 Å². The van der Waals surface area contributed by atoms with Crippen molar-refractivity contribution in [1.29, 1.82) is 0 Å². The van der Waals surface area contributed by atoms with Gasteiger partial charge in [0.1, 0.15) is 5.56 Å². The molecule has 1 amide bonds. The van der Waals surface area contributed by atoms with Gasteiger partial charge >= 0.3 is 0 Å². The molecule has 0 bridgehead atoms. The van der Waals surface area contributed by atoms with Crippen molar-refractivity contribution >= 4 is 5.91 Å². The quantitative estimate of drug-likeness (QED) is 0.719. The van der Waals surface area contributed by atoms with Crippen LogP contribution in [0.1, 0.15) is 33.8 Å². The fourth-order valence-electron chi connectivity index (χ4n) is 3.42. The van der Waals surface area contributed by atoms with Gasteiger partial charge < -0.3 is 9.42 Å². The van der Waals surface area contributed by atoms with E-state index in [9.17, 15) is 4.79 Å². The zero-order valence-electron chi connectivity index (χ0n) is 14.2. The predicted octanol–water partition coefficient (Wildman–Crippen LogP) is 4.28. The molecule has 2 heterocycles. The van der Waals surface area contributed by atoms with E-state index in [4.69, 9.17) is 4.52 Å². The summed E-state index contributed by atoms with van der Waals surface area (Å²) in [4.78, 5) is 14.9. The summed E-state index contributed by atoms with van der Waals surface area (Å²) in [6, 6.07) is 18.3. The van der Waals surface area contributed by atoms with E-state index in [1.54, 1.807) is 0 Å². The van der Waals surface area contributed by atoms with Crippen LogP contribution in [0.3, 0.4) is 0 Å². The van der Waals surface area contributed by atoms with E-state index in [-0.39, 0.29) is 5.91 Å². The number of amides is 1. The molecular weight excluding hydrogens is 312 g/mol. The van der Waals surface area contributed by atoms with Gasteiger partial charge in [0.2, 0.25) is 0 Å². The van der Waals surface area contributed by atoms with E-state index in [2.05, 4.69) is 29.4 Å². The monoisotopic (exact) mass is 332 g/mol. The number of hydrogen-bond donors (Lipinski definition) is 0. The van der Waals surface area contributed by atoms with Crippen LogP contribution in [0.25, 0.3) is 11.3 Å². The van der Waals surface area contributed by atoms with Gasteiger partial charge in [0, 0.05) is 24.6 Å². The molecule has 1 aliphatic heterocycles. The molecule has 3 aromatic rings. The maximum Gasteiger partial charge on any atom is 0.259 e. The van der Waals surface area contributed by atoms with Gasteiger partial charge in [-0.25, -0.2) is 0 Å². The SMILES string of the molecule is Cc1ccc(-c2oncc2C(=O)N2CCC(c3ccccc3)C2)cc1. The highest BCUT2D eigenvalue weighted by Crippen LogP contribution is 2.30. The number of aryl methyl sites for hydroxylation is 1.